The fraction of sp³-hybridized carbons (Fsp3) is 0.667. The molecule has 2 rings (SSSR count). The van der Waals surface area contributed by atoms with Crippen LogP contribution in [-0.2, 0) is 0 Å². The summed E-state index contributed by atoms with van der Waals surface area (Å²) in [7, 11) is 0. The van der Waals surface area contributed by atoms with Crippen molar-refractivity contribution < 1.29 is 0 Å². The van der Waals surface area contributed by atoms with Crippen LogP contribution in [0.3, 0.4) is 0 Å². The van der Waals surface area contributed by atoms with Gasteiger partial charge in [0.25, 0.3) is 0 Å². The van der Waals surface area contributed by atoms with Crippen molar-refractivity contribution in [1.29, 1.82) is 0 Å². The summed E-state index contributed by atoms with van der Waals surface area (Å²) in [6.07, 6.45) is 12.5. The Labute approximate surface area is 86.5 Å². The van der Waals surface area contributed by atoms with Crippen molar-refractivity contribution in [2.24, 2.45) is 11.7 Å². The fourth-order valence-electron chi connectivity index (χ4n) is 2.32. The predicted octanol–water partition coefficient (Wildman–Crippen LogP) is 1.54. The van der Waals surface area contributed by atoms with E-state index in [0.717, 1.165) is 13.0 Å². The highest BCUT2D eigenvalue weighted by Crippen LogP contribution is 2.17. The summed E-state index contributed by atoms with van der Waals surface area (Å²) in [5, 5.41) is 0. The Balaban J connectivity index is 1.79. The molecule has 2 heteroatoms. The molecule has 1 aliphatic carbocycles. The minimum atomic E-state index is 0.314. The van der Waals surface area contributed by atoms with Gasteiger partial charge in [-0.05, 0) is 38.3 Å². The van der Waals surface area contributed by atoms with Crippen LogP contribution in [0.25, 0.3) is 0 Å². The molecule has 1 heterocycles. The van der Waals surface area contributed by atoms with E-state index in [1.807, 2.05) is 0 Å². The summed E-state index contributed by atoms with van der Waals surface area (Å²) in [4.78, 5) is 2.50. The minimum absolute atomic E-state index is 0.314. The molecule has 1 fully saturated rings. The number of rotatable bonds is 3. The average Bonchev–Trinajstić information content (AvgIpc) is 2.72. The maximum atomic E-state index is 6.20. The lowest BCUT2D eigenvalue weighted by molar-refractivity contribution is 0.288. The van der Waals surface area contributed by atoms with Crippen LogP contribution in [0.15, 0.2) is 24.3 Å². The first-order valence-electron chi connectivity index (χ1n) is 5.67. The first kappa shape index (κ1) is 9.94. The maximum absolute atomic E-state index is 6.20. The van der Waals surface area contributed by atoms with E-state index >= 15 is 0 Å². The van der Waals surface area contributed by atoms with Crippen molar-refractivity contribution >= 4 is 0 Å². The molecule has 78 valence electrons. The lowest BCUT2D eigenvalue weighted by Crippen LogP contribution is -2.40. The van der Waals surface area contributed by atoms with Gasteiger partial charge in [-0.1, -0.05) is 24.3 Å². The standard InChI is InChI=1S/C12H20N2/c13-12(10-14-8-4-5-9-14)11-6-2-1-3-7-11/h1-3,6,11-12H,4-5,7-10,13H2/t11-,12?/m0/s1. The molecule has 1 saturated heterocycles. The summed E-state index contributed by atoms with van der Waals surface area (Å²) >= 11 is 0. The van der Waals surface area contributed by atoms with Crippen LogP contribution in [0.2, 0.25) is 0 Å². The van der Waals surface area contributed by atoms with Crippen LogP contribution in [0.4, 0.5) is 0 Å². The molecule has 1 aliphatic heterocycles. The molecule has 0 amide bonds. The third kappa shape index (κ3) is 2.46. The van der Waals surface area contributed by atoms with Gasteiger partial charge in [0.15, 0.2) is 0 Å². The number of nitrogens with zero attached hydrogens (tertiary/aromatic N) is 1. The third-order valence-corrected chi connectivity index (χ3v) is 3.23. The van der Waals surface area contributed by atoms with Crippen LogP contribution in [0.5, 0.6) is 0 Å². The first-order chi connectivity index (χ1) is 6.86. The van der Waals surface area contributed by atoms with Gasteiger partial charge in [0, 0.05) is 12.6 Å². The van der Waals surface area contributed by atoms with E-state index in [9.17, 15) is 0 Å². The highest BCUT2D eigenvalue weighted by atomic mass is 15.1. The summed E-state index contributed by atoms with van der Waals surface area (Å²) in [6.45, 7) is 3.57. The average molecular weight is 192 g/mol. The highest BCUT2D eigenvalue weighted by molar-refractivity contribution is 5.12. The van der Waals surface area contributed by atoms with Gasteiger partial charge in [-0.25, -0.2) is 0 Å². The Hall–Kier alpha value is -0.600. The van der Waals surface area contributed by atoms with Crippen LogP contribution >= 0.6 is 0 Å². The van der Waals surface area contributed by atoms with Crippen LogP contribution < -0.4 is 5.73 Å². The number of hydrogen-bond donors (Lipinski definition) is 1. The molecule has 2 nitrogen and oxygen atoms in total. The van der Waals surface area contributed by atoms with Crippen LogP contribution in [-0.4, -0.2) is 30.6 Å². The zero-order valence-electron chi connectivity index (χ0n) is 8.73. The molecular weight excluding hydrogens is 172 g/mol. The highest BCUT2D eigenvalue weighted by Gasteiger charge is 2.20. The molecule has 0 radical (unpaired) electrons. The number of likely N-dealkylation sites (tertiary alicyclic amines) is 1. The van der Waals surface area contributed by atoms with Gasteiger partial charge in [-0.3, -0.25) is 0 Å². The zero-order valence-corrected chi connectivity index (χ0v) is 8.73. The summed E-state index contributed by atoms with van der Waals surface area (Å²) in [5.74, 6) is 0.556. The topological polar surface area (TPSA) is 29.3 Å². The monoisotopic (exact) mass is 192 g/mol. The fourth-order valence-corrected chi connectivity index (χ4v) is 2.32. The lowest BCUT2D eigenvalue weighted by Gasteiger charge is -2.25. The van der Waals surface area contributed by atoms with E-state index < -0.39 is 0 Å². The first-order valence-corrected chi connectivity index (χ1v) is 5.67. The van der Waals surface area contributed by atoms with Gasteiger partial charge < -0.3 is 10.6 Å². The second-order valence-electron chi connectivity index (χ2n) is 4.38. The molecule has 2 aliphatic rings. The second-order valence-corrected chi connectivity index (χ2v) is 4.38. The second kappa shape index (κ2) is 4.76. The molecule has 0 spiro atoms. The Bertz CT molecular complexity index is 226. The van der Waals surface area contributed by atoms with Crippen molar-refractivity contribution in [2.75, 3.05) is 19.6 Å². The van der Waals surface area contributed by atoms with Gasteiger partial charge in [0.2, 0.25) is 0 Å². The molecule has 0 saturated carbocycles. The van der Waals surface area contributed by atoms with E-state index in [0.29, 0.717) is 12.0 Å². The smallest absolute Gasteiger partial charge is 0.0234 e. The zero-order chi connectivity index (χ0) is 9.80. The molecule has 0 bridgehead atoms. The normalized spacial score (nSPS) is 29.6. The van der Waals surface area contributed by atoms with E-state index in [-0.39, 0.29) is 0 Å². The van der Waals surface area contributed by atoms with E-state index in [4.69, 9.17) is 5.73 Å². The van der Waals surface area contributed by atoms with E-state index in [2.05, 4.69) is 29.2 Å². The molecule has 1 unspecified atom stereocenters. The maximum Gasteiger partial charge on any atom is 0.0234 e. The van der Waals surface area contributed by atoms with Gasteiger partial charge in [-0.2, -0.15) is 0 Å². The van der Waals surface area contributed by atoms with Gasteiger partial charge >= 0.3 is 0 Å². The molecule has 0 aromatic rings. The third-order valence-electron chi connectivity index (χ3n) is 3.23. The number of nitrogens with two attached hydrogens (primary N) is 1. The van der Waals surface area contributed by atoms with E-state index in [1.54, 1.807) is 0 Å². The van der Waals surface area contributed by atoms with E-state index in [1.165, 1.54) is 25.9 Å². The number of allylic oxidation sites excluding steroid dienone is 3. The summed E-state index contributed by atoms with van der Waals surface area (Å²) in [5.41, 5.74) is 6.20. The van der Waals surface area contributed by atoms with Gasteiger partial charge in [0.05, 0.1) is 0 Å². The minimum Gasteiger partial charge on any atom is -0.326 e. The van der Waals surface area contributed by atoms with Gasteiger partial charge in [-0.15, -0.1) is 0 Å². The van der Waals surface area contributed by atoms with Crippen LogP contribution in [0, 0.1) is 5.92 Å². The molecular formula is C12H20N2. The molecule has 0 aromatic carbocycles. The van der Waals surface area contributed by atoms with Crippen molar-refractivity contribution in [3.8, 4) is 0 Å². The Morgan fingerprint density at radius 2 is 2.07 bits per heavy atom. The Morgan fingerprint density at radius 3 is 2.71 bits per heavy atom. The quantitative estimate of drug-likeness (QED) is 0.735. The Morgan fingerprint density at radius 1 is 1.29 bits per heavy atom. The summed E-state index contributed by atoms with van der Waals surface area (Å²) in [6, 6.07) is 0.314. The van der Waals surface area contributed by atoms with Crippen molar-refractivity contribution in [3.63, 3.8) is 0 Å². The Kier molecular flexibility index (Phi) is 3.38. The van der Waals surface area contributed by atoms with Crippen molar-refractivity contribution in [3.05, 3.63) is 24.3 Å². The summed E-state index contributed by atoms with van der Waals surface area (Å²) < 4.78 is 0. The molecule has 2 N–H and O–H groups in total. The van der Waals surface area contributed by atoms with Gasteiger partial charge in [0.1, 0.15) is 0 Å². The van der Waals surface area contributed by atoms with Crippen molar-refractivity contribution in [1.82, 2.24) is 4.90 Å². The molecule has 0 aromatic heterocycles. The SMILES string of the molecule is NC(CN1CCCC1)[C@H]1C=CC=CC1. The lowest BCUT2D eigenvalue weighted by atomic mass is 9.93. The molecule has 2 atom stereocenters. The largest absolute Gasteiger partial charge is 0.326 e. The molecule has 14 heavy (non-hydrogen) atoms. The predicted molar refractivity (Wildman–Crippen MR) is 60.0 cm³/mol. The van der Waals surface area contributed by atoms with Crippen molar-refractivity contribution in [2.45, 2.75) is 25.3 Å². The number of hydrogen-bond acceptors (Lipinski definition) is 2. The van der Waals surface area contributed by atoms with Crippen LogP contribution in [0.1, 0.15) is 19.3 Å².